The fourth-order valence-corrected chi connectivity index (χ4v) is 3.77. The maximum atomic E-state index is 10.9. The first kappa shape index (κ1) is 23.1. The molecule has 0 amide bonds. The number of hydrogen-bond donors (Lipinski definition) is 1. The molecule has 1 aromatic rings. The summed E-state index contributed by atoms with van der Waals surface area (Å²) in [5.74, 6) is 1.35. The third-order valence-electron chi connectivity index (χ3n) is 5.56. The highest BCUT2D eigenvalue weighted by atomic mass is 16.3. The molecule has 0 radical (unpaired) electrons. The molecule has 0 bridgehead atoms. The summed E-state index contributed by atoms with van der Waals surface area (Å²) < 4.78 is 0. The molecule has 150 valence electrons. The molecule has 0 aliphatic rings. The molecule has 0 aromatic heterocycles. The van der Waals surface area contributed by atoms with Crippen LogP contribution in [-0.2, 0) is 17.3 Å². The molecule has 0 saturated heterocycles. The van der Waals surface area contributed by atoms with Crippen LogP contribution in [0.3, 0.4) is 0 Å². The van der Waals surface area contributed by atoms with Gasteiger partial charge in [0.15, 0.2) is 0 Å². The predicted molar refractivity (Wildman–Crippen MR) is 116 cm³/mol. The van der Waals surface area contributed by atoms with Crippen LogP contribution >= 0.6 is 0 Å². The Morgan fingerprint density at radius 3 is 1.54 bits per heavy atom. The van der Waals surface area contributed by atoms with Gasteiger partial charge in [0, 0.05) is 0 Å². The molecule has 1 nitrogen and oxygen atoms in total. The summed E-state index contributed by atoms with van der Waals surface area (Å²) in [5.41, 5.74) is 3.52. The zero-order valence-corrected chi connectivity index (χ0v) is 18.8. The molecular formula is C25H44O. The molecular weight excluding hydrogens is 316 g/mol. The van der Waals surface area contributed by atoms with Gasteiger partial charge in [-0.2, -0.15) is 0 Å². The molecule has 1 aromatic carbocycles. The predicted octanol–water partition coefficient (Wildman–Crippen LogP) is 7.92. The lowest BCUT2D eigenvalue weighted by Gasteiger charge is -2.28. The third kappa shape index (κ3) is 6.97. The molecule has 0 heterocycles. The van der Waals surface area contributed by atoms with E-state index in [0.29, 0.717) is 5.75 Å². The lowest BCUT2D eigenvalue weighted by molar-refractivity contribution is 0.392. The molecule has 0 aliphatic carbocycles. The molecule has 0 saturated carbocycles. The van der Waals surface area contributed by atoms with Gasteiger partial charge in [-0.3, -0.25) is 0 Å². The molecule has 1 N–H and O–H groups in total. The van der Waals surface area contributed by atoms with Crippen molar-refractivity contribution in [1.29, 1.82) is 0 Å². The van der Waals surface area contributed by atoms with Crippen molar-refractivity contribution in [3.63, 3.8) is 0 Å². The van der Waals surface area contributed by atoms with Gasteiger partial charge in [0.05, 0.1) is 0 Å². The van der Waals surface area contributed by atoms with Crippen molar-refractivity contribution in [2.45, 2.75) is 118 Å². The Labute approximate surface area is 163 Å². The van der Waals surface area contributed by atoms with Crippen LogP contribution in [-0.4, -0.2) is 5.11 Å². The number of aromatic hydroxyl groups is 1. The van der Waals surface area contributed by atoms with Crippen LogP contribution in [0.4, 0.5) is 0 Å². The van der Waals surface area contributed by atoms with Gasteiger partial charge in [-0.1, -0.05) is 106 Å². The Hall–Kier alpha value is -0.980. The van der Waals surface area contributed by atoms with E-state index in [2.05, 4.69) is 67.5 Å². The summed E-state index contributed by atoms with van der Waals surface area (Å²) >= 11 is 0. The zero-order valence-electron chi connectivity index (χ0n) is 18.8. The second kappa shape index (κ2) is 9.81. The molecule has 0 atom stereocenters. The highest BCUT2D eigenvalue weighted by molar-refractivity contribution is 5.49. The van der Waals surface area contributed by atoms with Crippen molar-refractivity contribution in [3.8, 4) is 5.75 Å². The first-order chi connectivity index (χ1) is 12.0. The second-order valence-electron chi connectivity index (χ2n) is 10.2. The summed E-state index contributed by atoms with van der Waals surface area (Å²) in [6, 6.07) is 4.53. The first-order valence-corrected chi connectivity index (χ1v) is 10.9. The lowest BCUT2D eigenvalue weighted by atomic mass is 9.77. The average Bonchev–Trinajstić information content (AvgIpc) is 2.53. The van der Waals surface area contributed by atoms with Crippen LogP contribution in [0, 0.1) is 5.92 Å². The fraction of sp³-hybridized carbons (Fsp3) is 0.760. The van der Waals surface area contributed by atoms with Gasteiger partial charge in [-0.25, -0.2) is 0 Å². The Kier molecular flexibility index (Phi) is 8.70. The van der Waals surface area contributed by atoms with Gasteiger partial charge in [-0.05, 0) is 46.3 Å². The fourth-order valence-electron chi connectivity index (χ4n) is 3.77. The molecule has 0 aliphatic heterocycles. The van der Waals surface area contributed by atoms with Crippen LogP contribution in [0.2, 0.25) is 0 Å². The van der Waals surface area contributed by atoms with Gasteiger partial charge < -0.3 is 5.11 Å². The second-order valence-corrected chi connectivity index (χ2v) is 10.2. The Morgan fingerprint density at radius 2 is 1.19 bits per heavy atom. The molecule has 0 fully saturated rings. The van der Waals surface area contributed by atoms with E-state index >= 15 is 0 Å². The smallest absolute Gasteiger partial charge is 0.123 e. The normalized spacial score (nSPS) is 12.8. The molecule has 26 heavy (non-hydrogen) atoms. The van der Waals surface area contributed by atoms with Crippen LogP contribution in [0.1, 0.15) is 117 Å². The standard InChI is InChI=1S/C25H44O/c1-9-11-13-19(14-12-10-2)15-16-20-17-21(24(3,4)5)23(26)22(18-20)25(6,7)8/h17-19,26H,9-16H2,1-8H3. The van der Waals surface area contributed by atoms with Crippen molar-refractivity contribution in [2.75, 3.05) is 0 Å². The maximum Gasteiger partial charge on any atom is 0.123 e. The molecule has 1 rings (SSSR count). The van der Waals surface area contributed by atoms with E-state index in [1.54, 1.807) is 0 Å². The van der Waals surface area contributed by atoms with Crippen LogP contribution in [0.15, 0.2) is 12.1 Å². The third-order valence-corrected chi connectivity index (χ3v) is 5.56. The van der Waals surface area contributed by atoms with Crippen molar-refractivity contribution in [3.05, 3.63) is 28.8 Å². The maximum absolute atomic E-state index is 10.9. The van der Waals surface area contributed by atoms with Crippen LogP contribution in [0.25, 0.3) is 0 Å². The summed E-state index contributed by atoms with van der Waals surface area (Å²) in [7, 11) is 0. The van der Waals surface area contributed by atoms with E-state index in [-0.39, 0.29) is 10.8 Å². The highest BCUT2D eigenvalue weighted by Gasteiger charge is 2.26. The molecule has 0 spiro atoms. The number of hydrogen-bond acceptors (Lipinski definition) is 1. The van der Waals surface area contributed by atoms with Gasteiger partial charge in [0.2, 0.25) is 0 Å². The van der Waals surface area contributed by atoms with Crippen molar-refractivity contribution < 1.29 is 5.11 Å². The minimum Gasteiger partial charge on any atom is -0.507 e. The van der Waals surface area contributed by atoms with E-state index in [0.717, 1.165) is 23.5 Å². The largest absolute Gasteiger partial charge is 0.507 e. The topological polar surface area (TPSA) is 20.2 Å². The zero-order chi connectivity index (χ0) is 20.0. The minimum atomic E-state index is -0.0378. The summed E-state index contributed by atoms with van der Waals surface area (Å²) in [5, 5.41) is 10.9. The number of aryl methyl sites for hydroxylation is 1. The summed E-state index contributed by atoms with van der Waals surface area (Å²) in [6.45, 7) is 17.8. The molecule has 1 heteroatoms. The number of benzene rings is 1. The van der Waals surface area contributed by atoms with Gasteiger partial charge in [0.25, 0.3) is 0 Å². The number of phenolic OH excluding ortho intramolecular Hbond substituents is 1. The summed E-state index contributed by atoms with van der Waals surface area (Å²) in [4.78, 5) is 0. The van der Waals surface area contributed by atoms with Crippen LogP contribution in [0.5, 0.6) is 5.75 Å². The monoisotopic (exact) mass is 360 g/mol. The van der Waals surface area contributed by atoms with Crippen molar-refractivity contribution >= 4 is 0 Å². The van der Waals surface area contributed by atoms with E-state index in [1.165, 1.54) is 50.5 Å². The lowest BCUT2D eigenvalue weighted by Crippen LogP contribution is -2.18. The van der Waals surface area contributed by atoms with Gasteiger partial charge >= 0.3 is 0 Å². The van der Waals surface area contributed by atoms with Crippen LogP contribution < -0.4 is 0 Å². The number of unbranched alkanes of at least 4 members (excludes halogenated alkanes) is 2. The quantitative estimate of drug-likeness (QED) is 0.474. The van der Waals surface area contributed by atoms with E-state index in [1.807, 2.05) is 0 Å². The Balaban J connectivity index is 3.07. The molecule has 0 unspecified atom stereocenters. The first-order valence-electron chi connectivity index (χ1n) is 10.9. The van der Waals surface area contributed by atoms with E-state index < -0.39 is 0 Å². The van der Waals surface area contributed by atoms with Crippen molar-refractivity contribution in [1.82, 2.24) is 0 Å². The highest BCUT2D eigenvalue weighted by Crippen LogP contribution is 2.40. The number of phenols is 1. The number of rotatable bonds is 9. The Bertz CT molecular complexity index is 499. The minimum absolute atomic E-state index is 0.0378. The van der Waals surface area contributed by atoms with Gasteiger partial charge in [0.1, 0.15) is 5.75 Å². The van der Waals surface area contributed by atoms with Crippen molar-refractivity contribution in [2.24, 2.45) is 5.92 Å². The van der Waals surface area contributed by atoms with E-state index in [4.69, 9.17) is 0 Å². The van der Waals surface area contributed by atoms with Gasteiger partial charge in [-0.15, -0.1) is 0 Å². The average molecular weight is 361 g/mol. The van der Waals surface area contributed by atoms with E-state index in [9.17, 15) is 5.11 Å². The summed E-state index contributed by atoms with van der Waals surface area (Å²) in [6.07, 6.45) is 10.4. The SMILES string of the molecule is CCCCC(CCCC)CCc1cc(C(C)(C)C)c(O)c(C(C)(C)C)c1. The Morgan fingerprint density at radius 1 is 0.769 bits per heavy atom.